The number of aromatic amines is 1. The first kappa shape index (κ1) is 26.3. The SMILES string of the molecule is CNC.COC=O.Cc1csc(Sc2nc(N3CC4CC(N)C4C3)c3c(n2)[nH]c2ccc(F)cc23)n1. The van der Waals surface area contributed by atoms with E-state index in [1.165, 1.54) is 24.9 Å². The largest absolute Gasteiger partial charge is 0.471 e. The first-order valence-corrected chi connectivity index (χ1v) is 13.2. The molecule has 6 rings (SSSR count). The topological polar surface area (TPSA) is 122 Å². The Balaban J connectivity index is 0.000000391. The summed E-state index contributed by atoms with van der Waals surface area (Å²) in [6.07, 6.45) is 1.07. The molecule has 3 atom stereocenters. The Labute approximate surface area is 217 Å². The molecule has 3 aromatic heterocycles. The summed E-state index contributed by atoms with van der Waals surface area (Å²) in [7, 11) is 5.06. The van der Waals surface area contributed by atoms with Gasteiger partial charge in [-0.2, -0.15) is 0 Å². The Morgan fingerprint density at radius 2 is 2.06 bits per heavy atom. The molecule has 12 heteroatoms. The summed E-state index contributed by atoms with van der Waals surface area (Å²) in [4.78, 5) is 28.8. The normalized spacial score (nSPS) is 20.2. The highest BCUT2D eigenvalue weighted by Crippen LogP contribution is 2.44. The van der Waals surface area contributed by atoms with E-state index in [1.807, 2.05) is 26.4 Å². The molecule has 0 spiro atoms. The van der Waals surface area contributed by atoms with Gasteiger partial charge in [-0.15, -0.1) is 11.3 Å². The van der Waals surface area contributed by atoms with Crippen molar-refractivity contribution in [3.05, 3.63) is 35.1 Å². The number of nitrogens with two attached hydrogens (primary N) is 1. The van der Waals surface area contributed by atoms with Crippen molar-refractivity contribution in [2.45, 2.75) is 28.9 Å². The Bertz CT molecular complexity index is 1340. The van der Waals surface area contributed by atoms with Crippen molar-refractivity contribution in [2.24, 2.45) is 17.6 Å². The lowest BCUT2D eigenvalue weighted by atomic mass is 9.72. The summed E-state index contributed by atoms with van der Waals surface area (Å²) in [5, 5.41) is 7.12. The highest BCUT2D eigenvalue weighted by Gasteiger charge is 2.46. The second-order valence-electron chi connectivity index (χ2n) is 8.79. The molecule has 3 unspecified atom stereocenters. The number of fused-ring (bicyclic) bond motifs is 4. The van der Waals surface area contributed by atoms with Crippen molar-refractivity contribution in [2.75, 3.05) is 39.2 Å². The highest BCUT2D eigenvalue weighted by molar-refractivity contribution is 8.00. The molecule has 1 aliphatic carbocycles. The Morgan fingerprint density at radius 3 is 2.67 bits per heavy atom. The van der Waals surface area contributed by atoms with Crippen molar-refractivity contribution < 1.29 is 13.9 Å². The van der Waals surface area contributed by atoms with Gasteiger partial charge in [-0.25, -0.2) is 19.3 Å². The number of hydrogen-bond donors (Lipinski definition) is 3. The Morgan fingerprint density at radius 1 is 1.31 bits per heavy atom. The molecule has 0 bridgehead atoms. The summed E-state index contributed by atoms with van der Waals surface area (Å²) in [6.45, 7) is 4.18. The van der Waals surface area contributed by atoms with Crippen LogP contribution in [0.15, 0.2) is 33.1 Å². The van der Waals surface area contributed by atoms with E-state index in [0.29, 0.717) is 23.5 Å². The molecule has 4 aromatic rings. The van der Waals surface area contributed by atoms with Crippen molar-refractivity contribution in [3.63, 3.8) is 0 Å². The van der Waals surface area contributed by atoms with Gasteiger partial charge in [-0.3, -0.25) is 4.79 Å². The zero-order valence-electron chi connectivity index (χ0n) is 20.6. The lowest BCUT2D eigenvalue weighted by Crippen LogP contribution is -2.46. The number of aryl methyl sites for hydroxylation is 1. The number of H-pyrrole nitrogens is 1. The maximum absolute atomic E-state index is 14.0. The van der Waals surface area contributed by atoms with E-state index in [2.05, 4.69) is 24.9 Å². The van der Waals surface area contributed by atoms with E-state index in [4.69, 9.17) is 20.5 Å². The molecule has 1 aromatic carbocycles. The molecule has 9 nitrogen and oxygen atoms in total. The number of methoxy groups -OCH3 is 1. The van der Waals surface area contributed by atoms with Crippen LogP contribution in [0.4, 0.5) is 10.2 Å². The third-order valence-corrected chi connectivity index (χ3v) is 8.08. The van der Waals surface area contributed by atoms with Crippen molar-refractivity contribution in [3.8, 4) is 0 Å². The zero-order chi connectivity index (χ0) is 25.8. The van der Waals surface area contributed by atoms with Crippen molar-refractivity contribution in [1.82, 2.24) is 25.3 Å². The van der Waals surface area contributed by atoms with Gasteiger partial charge in [0.2, 0.25) is 0 Å². The summed E-state index contributed by atoms with van der Waals surface area (Å²) in [5.41, 5.74) is 8.80. The molecule has 4 N–H and O–H groups in total. The molecular weight excluding hydrogens is 501 g/mol. The number of carbonyl (C=O) groups is 1. The monoisotopic (exact) mass is 531 g/mol. The molecule has 1 saturated heterocycles. The average molecular weight is 532 g/mol. The minimum atomic E-state index is -0.260. The fourth-order valence-electron chi connectivity index (χ4n) is 4.59. The number of anilines is 1. The molecule has 0 radical (unpaired) electrons. The van der Waals surface area contributed by atoms with Crippen LogP contribution >= 0.6 is 23.1 Å². The zero-order valence-corrected chi connectivity index (χ0v) is 22.3. The number of nitrogens with zero attached hydrogens (tertiary/aromatic N) is 4. The number of aromatic nitrogens is 4. The quantitative estimate of drug-likeness (QED) is 0.268. The van der Waals surface area contributed by atoms with Crippen LogP contribution in [0.25, 0.3) is 21.9 Å². The van der Waals surface area contributed by atoms with Gasteiger partial charge in [0.1, 0.15) is 17.3 Å². The van der Waals surface area contributed by atoms with Gasteiger partial charge in [0.25, 0.3) is 6.47 Å². The van der Waals surface area contributed by atoms with Gasteiger partial charge in [0, 0.05) is 41.1 Å². The molecule has 2 fully saturated rings. The van der Waals surface area contributed by atoms with Crippen LogP contribution in [0.3, 0.4) is 0 Å². The van der Waals surface area contributed by atoms with Crippen LogP contribution in [-0.4, -0.2) is 66.7 Å². The number of nitrogens with one attached hydrogen (secondary N) is 2. The minimum absolute atomic E-state index is 0.260. The van der Waals surface area contributed by atoms with Crippen molar-refractivity contribution in [1.29, 1.82) is 0 Å². The fraction of sp³-hybridized carbons (Fsp3) is 0.417. The number of benzene rings is 1. The second-order valence-corrected chi connectivity index (χ2v) is 10.9. The van der Waals surface area contributed by atoms with Gasteiger partial charge in [-0.1, -0.05) is 0 Å². The van der Waals surface area contributed by atoms with E-state index in [-0.39, 0.29) is 11.9 Å². The molecule has 192 valence electrons. The number of carbonyl (C=O) groups excluding carboxylic acids is 1. The van der Waals surface area contributed by atoms with Gasteiger partial charge in [-0.05, 0) is 69.2 Å². The molecule has 1 aliphatic heterocycles. The maximum atomic E-state index is 14.0. The molecule has 1 saturated carbocycles. The fourth-order valence-corrected chi connectivity index (χ4v) is 6.29. The number of thiazole rings is 1. The second kappa shape index (κ2) is 11.5. The van der Waals surface area contributed by atoms with Crippen LogP contribution in [0.1, 0.15) is 12.1 Å². The number of ether oxygens (including phenoxy) is 1. The van der Waals surface area contributed by atoms with Gasteiger partial charge >= 0.3 is 0 Å². The number of hydrogen-bond acceptors (Lipinski definition) is 10. The lowest BCUT2D eigenvalue weighted by Gasteiger charge is -2.36. The molecule has 0 amide bonds. The summed E-state index contributed by atoms with van der Waals surface area (Å²) >= 11 is 3.05. The van der Waals surface area contributed by atoms with E-state index < -0.39 is 0 Å². The number of halogens is 1. The average Bonchev–Trinajstić information content (AvgIpc) is 3.53. The third-order valence-electron chi connectivity index (χ3n) is 6.16. The summed E-state index contributed by atoms with van der Waals surface area (Å²) in [6, 6.07) is 5.06. The summed E-state index contributed by atoms with van der Waals surface area (Å²) in [5.74, 6) is 1.74. The standard InChI is InChI=1S/C20H19FN6S2.C2H7N.C2H4O2/c1-9-8-28-20(23-9)29-19-25-17-16(12-5-11(21)2-3-15(12)24-17)18(26-19)27-6-10-4-14(22)13(10)7-27;1-3-2;1-4-2-3/h2-3,5,8,10,13-14H,4,6-7,22H2,1H3,(H,24,25,26);3H,1-2H3;2H,1H3. The van der Waals surface area contributed by atoms with Crippen LogP contribution in [0.2, 0.25) is 0 Å². The predicted octanol–water partition coefficient (Wildman–Crippen LogP) is 3.57. The first-order valence-electron chi connectivity index (χ1n) is 11.5. The van der Waals surface area contributed by atoms with E-state index >= 15 is 0 Å². The van der Waals surface area contributed by atoms with Gasteiger partial charge < -0.3 is 25.7 Å². The lowest BCUT2D eigenvalue weighted by molar-refractivity contribution is -0.126. The van der Waals surface area contributed by atoms with Crippen LogP contribution < -0.4 is 16.0 Å². The first-order chi connectivity index (χ1) is 17.4. The molecule has 36 heavy (non-hydrogen) atoms. The number of rotatable bonds is 4. The van der Waals surface area contributed by atoms with Gasteiger partial charge in [0.05, 0.1) is 12.5 Å². The van der Waals surface area contributed by atoms with Crippen LogP contribution in [-0.2, 0) is 9.53 Å². The van der Waals surface area contributed by atoms with E-state index in [1.54, 1.807) is 23.5 Å². The molecular formula is C24H30FN7O2S2. The Hall–Kier alpha value is -2.80. The van der Waals surface area contributed by atoms with E-state index in [9.17, 15) is 4.39 Å². The molecule has 4 heterocycles. The maximum Gasteiger partial charge on any atom is 0.292 e. The minimum Gasteiger partial charge on any atom is -0.471 e. The van der Waals surface area contributed by atoms with E-state index in [0.717, 1.165) is 57.3 Å². The third kappa shape index (κ3) is 5.46. The van der Waals surface area contributed by atoms with Crippen LogP contribution in [0, 0.1) is 24.6 Å². The Kier molecular flexibility index (Phi) is 8.39. The van der Waals surface area contributed by atoms with Gasteiger partial charge in [0.15, 0.2) is 9.50 Å². The summed E-state index contributed by atoms with van der Waals surface area (Å²) < 4.78 is 18.8. The van der Waals surface area contributed by atoms with Crippen molar-refractivity contribution >= 4 is 57.3 Å². The predicted molar refractivity (Wildman–Crippen MR) is 142 cm³/mol. The van der Waals surface area contributed by atoms with Crippen LogP contribution in [0.5, 0.6) is 0 Å². The smallest absolute Gasteiger partial charge is 0.292 e. The highest BCUT2D eigenvalue weighted by atomic mass is 32.2. The molecule has 2 aliphatic rings.